The fourth-order valence-corrected chi connectivity index (χ4v) is 6.26. The van der Waals surface area contributed by atoms with Gasteiger partial charge in [-0.1, -0.05) is 11.3 Å². The molecule has 1 aromatic carbocycles. The average Bonchev–Trinajstić information content (AvgIpc) is 3.44. The standard InChI is InChI=1S/C25H24N6O3S2/c1-14(32)27-25-28-18-9-8-17-21(16-6-5-11-26-13-16)29-31(22(17)23(18)35-25)19-10-7-15(24(33)30(2)3)12-20(19)36(4)34/h5-7,10-13H,8-9H2,1-4H3,(H,27,28,32)/p+1. The SMILES string of the molecule is CC(=O)Nc1nc2c(s1)-c1c(c(-c3cccnc3)nn1-c1ccc(C(=O)N(C)C)cc1[SH+](C)=O)CC2. The number of carbonyl (C=O) groups excluding carboxylic acids is 2. The molecule has 0 saturated heterocycles. The highest BCUT2D eigenvalue weighted by Gasteiger charge is 2.32. The van der Waals surface area contributed by atoms with Crippen LogP contribution >= 0.6 is 11.3 Å². The number of hydrogen-bond acceptors (Lipinski definition) is 7. The molecule has 11 heteroatoms. The van der Waals surface area contributed by atoms with E-state index in [1.54, 1.807) is 55.6 Å². The molecule has 1 N–H and O–H groups in total. The van der Waals surface area contributed by atoms with Gasteiger partial charge in [0.05, 0.1) is 22.0 Å². The highest BCUT2D eigenvalue weighted by molar-refractivity contribution is 7.84. The molecule has 184 valence electrons. The van der Waals surface area contributed by atoms with Crippen LogP contribution in [0.5, 0.6) is 0 Å². The van der Waals surface area contributed by atoms with Crippen LogP contribution in [0.2, 0.25) is 0 Å². The van der Waals surface area contributed by atoms with Gasteiger partial charge >= 0.3 is 0 Å². The van der Waals surface area contributed by atoms with Gasteiger partial charge < -0.3 is 10.2 Å². The zero-order chi connectivity index (χ0) is 25.6. The molecule has 0 aliphatic heterocycles. The number of anilines is 1. The zero-order valence-corrected chi connectivity index (χ0v) is 22.0. The molecular weight excluding hydrogens is 496 g/mol. The Morgan fingerprint density at radius 1 is 1.19 bits per heavy atom. The van der Waals surface area contributed by atoms with Crippen molar-refractivity contribution in [3.8, 4) is 27.5 Å². The van der Waals surface area contributed by atoms with Crippen molar-refractivity contribution in [2.24, 2.45) is 0 Å². The first kappa shape index (κ1) is 24.0. The maximum atomic E-state index is 12.9. The van der Waals surface area contributed by atoms with Gasteiger partial charge in [-0.3, -0.25) is 14.6 Å². The Morgan fingerprint density at radius 3 is 2.67 bits per heavy atom. The monoisotopic (exact) mass is 521 g/mol. The van der Waals surface area contributed by atoms with Gasteiger partial charge in [-0.25, -0.2) is 9.67 Å². The first-order chi connectivity index (χ1) is 17.2. The molecule has 4 aromatic rings. The lowest BCUT2D eigenvalue weighted by atomic mass is 9.95. The number of carbonyl (C=O) groups is 2. The van der Waals surface area contributed by atoms with Crippen LogP contribution in [0.25, 0.3) is 27.5 Å². The minimum absolute atomic E-state index is 0.164. The lowest BCUT2D eigenvalue weighted by molar-refractivity contribution is -0.114. The highest BCUT2D eigenvalue weighted by atomic mass is 32.2. The Bertz CT molecular complexity index is 1520. The van der Waals surface area contributed by atoms with Crippen molar-refractivity contribution in [1.82, 2.24) is 24.6 Å². The van der Waals surface area contributed by atoms with Gasteiger partial charge in [0.2, 0.25) is 5.91 Å². The molecule has 1 atom stereocenters. The number of rotatable bonds is 5. The predicted molar refractivity (Wildman–Crippen MR) is 141 cm³/mol. The second-order valence-corrected chi connectivity index (χ2v) is 11.2. The average molecular weight is 522 g/mol. The van der Waals surface area contributed by atoms with Crippen molar-refractivity contribution >= 4 is 39.1 Å². The Morgan fingerprint density at radius 2 is 2.00 bits per heavy atom. The molecule has 1 aliphatic carbocycles. The van der Waals surface area contributed by atoms with Gasteiger partial charge in [0.15, 0.2) is 10.0 Å². The van der Waals surface area contributed by atoms with Gasteiger partial charge in [0, 0.05) is 56.2 Å². The van der Waals surface area contributed by atoms with E-state index < -0.39 is 10.8 Å². The summed E-state index contributed by atoms with van der Waals surface area (Å²) < 4.78 is 14.7. The van der Waals surface area contributed by atoms with Crippen LogP contribution in [0.1, 0.15) is 28.5 Å². The second-order valence-electron chi connectivity index (χ2n) is 8.71. The summed E-state index contributed by atoms with van der Waals surface area (Å²) in [5.74, 6) is -0.347. The maximum Gasteiger partial charge on any atom is 0.253 e. The molecule has 0 spiro atoms. The number of amides is 2. The van der Waals surface area contributed by atoms with Crippen LogP contribution in [0.15, 0.2) is 47.6 Å². The van der Waals surface area contributed by atoms with E-state index in [-0.39, 0.29) is 11.8 Å². The first-order valence-electron chi connectivity index (χ1n) is 11.3. The van der Waals surface area contributed by atoms with Gasteiger partial charge in [-0.15, -0.1) is 4.21 Å². The number of aromatic nitrogens is 4. The summed E-state index contributed by atoms with van der Waals surface area (Å²) in [7, 11) is 1.57. The van der Waals surface area contributed by atoms with Crippen molar-refractivity contribution < 1.29 is 13.8 Å². The summed E-state index contributed by atoms with van der Waals surface area (Å²) in [5.41, 5.74) is 5.56. The number of hydrogen-bond donors (Lipinski definition) is 1. The number of nitrogens with one attached hydrogen (secondary N) is 1. The summed E-state index contributed by atoms with van der Waals surface area (Å²) in [6.45, 7) is 1.46. The van der Waals surface area contributed by atoms with Crippen molar-refractivity contribution in [3.05, 3.63) is 59.5 Å². The van der Waals surface area contributed by atoms with Gasteiger partial charge in [-0.05, 0) is 37.1 Å². The third-order valence-corrected chi connectivity index (χ3v) is 7.98. The third kappa shape index (κ3) is 4.24. The Balaban J connectivity index is 1.76. The molecule has 36 heavy (non-hydrogen) atoms. The lowest BCUT2D eigenvalue weighted by Gasteiger charge is -2.15. The van der Waals surface area contributed by atoms with Crippen molar-refractivity contribution in [2.75, 3.05) is 25.7 Å². The number of thiazole rings is 1. The normalized spacial score (nSPS) is 13.0. The molecule has 0 radical (unpaired) electrons. The van der Waals surface area contributed by atoms with E-state index in [9.17, 15) is 13.8 Å². The van der Waals surface area contributed by atoms with E-state index >= 15 is 0 Å². The van der Waals surface area contributed by atoms with Crippen molar-refractivity contribution in [1.29, 1.82) is 0 Å². The molecular formula is C25H25N6O3S2+. The molecule has 0 saturated carbocycles. The third-order valence-electron chi connectivity index (χ3n) is 5.92. The number of aryl methyl sites for hydroxylation is 1. The number of fused-ring (bicyclic) bond motifs is 3. The summed E-state index contributed by atoms with van der Waals surface area (Å²) in [6.07, 6.45) is 6.54. The van der Waals surface area contributed by atoms with Crippen LogP contribution < -0.4 is 5.32 Å². The van der Waals surface area contributed by atoms with E-state index in [0.29, 0.717) is 34.1 Å². The smallest absolute Gasteiger partial charge is 0.253 e. The molecule has 5 rings (SSSR count). The largest absolute Gasteiger partial charge is 0.345 e. The van der Waals surface area contributed by atoms with E-state index in [2.05, 4.69) is 15.3 Å². The fourth-order valence-electron chi connectivity index (χ4n) is 4.33. The van der Waals surface area contributed by atoms with Crippen molar-refractivity contribution in [2.45, 2.75) is 24.7 Å². The summed E-state index contributed by atoms with van der Waals surface area (Å²) >= 11 is 1.40. The molecule has 0 bridgehead atoms. The van der Waals surface area contributed by atoms with Gasteiger partial charge in [0.25, 0.3) is 5.91 Å². The van der Waals surface area contributed by atoms with Crippen molar-refractivity contribution in [3.63, 3.8) is 0 Å². The zero-order valence-electron chi connectivity index (χ0n) is 20.3. The highest BCUT2D eigenvalue weighted by Crippen LogP contribution is 2.44. The molecule has 1 unspecified atom stereocenters. The lowest BCUT2D eigenvalue weighted by Crippen LogP contribution is -2.22. The predicted octanol–water partition coefficient (Wildman–Crippen LogP) is 3.50. The molecule has 9 nitrogen and oxygen atoms in total. The Hall–Kier alpha value is -3.70. The first-order valence-corrected chi connectivity index (χ1v) is 13.8. The van der Waals surface area contributed by atoms with Crippen LogP contribution in [-0.4, -0.2) is 56.8 Å². The molecule has 3 aromatic heterocycles. The molecule has 1 aliphatic rings. The molecule has 3 heterocycles. The minimum Gasteiger partial charge on any atom is -0.345 e. The maximum absolute atomic E-state index is 12.9. The number of pyridine rings is 1. The summed E-state index contributed by atoms with van der Waals surface area (Å²) in [5, 5.41) is 8.32. The number of nitrogens with zero attached hydrogens (tertiary/aromatic N) is 5. The molecule has 2 amide bonds. The van der Waals surface area contributed by atoms with Crippen LogP contribution in [-0.2, 0) is 32.6 Å². The van der Waals surface area contributed by atoms with E-state index in [1.165, 1.54) is 23.2 Å². The number of benzene rings is 1. The van der Waals surface area contributed by atoms with E-state index in [4.69, 9.17) is 5.10 Å². The van der Waals surface area contributed by atoms with Crippen LogP contribution in [0.3, 0.4) is 0 Å². The topological polar surface area (TPSA) is 110 Å². The Labute approximate surface area is 214 Å². The van der Waals surface area contributed by atoms with E-state index in [0.717, 1.165) is 33.1 Å². The minimum atomic E-state index is -1.80. The molecule has 0 fully saturated rings. The summed E-state index contributed by atoms with van der Waals surface area (Å²) in [4.78, 5) is 36.1. The van der Waals surface area contributed by atoms with Gasteiger partial charge in [0.1, 0.15) is 22.7 Å². The summed E-state index contributed by atoms with van der Waals surface area (Å²) in [6, 6.07) is 9.05. The second kappa shape index (κ2) is 9.40. The Kier molecular flexibility index (Phi) is 6.27. The number of thiol groups is 1. The fraction of sp³-hybridized carbons (Fsp3) is 0.240. The van der Waals surface area contributed by atoms with Gasteiger partial charge in [-0.2, -0.15) is 5.10 Å². The quantitative estimate of drug-likeness (QED) is 0.318. The van der Waals surface area contributed by atoms with E-state index in [1.807, 2.05) is 12.1 Å². The van der Waals surface area contributed by atoms with Crippen LogP contribution in [0, 0.1) is 0 Å². The van der Waals surface area contributed by atoms with Crippen LogP contribution in [0.4, 0.5) is 5.13 Å².